The molecule has 3 nitrogen and oxygen atoms in total. The molecule has 0 aromatic heterocycles. The fourth-order valence-electron chi connectivity index (χ4n) is 1.07. The molecule has 0 fully saturated rings. The summed E-state index contributed by atoms with van der Waals surface area (Å²) in [7, 11) is 0. The van der Waals surface area contributed by atoms with Crippen molar-refractivity contribution in [1.82, 2.24) is 0 Å². The Kier molecular flexibility index (Phi) is 4.55. The molecule has 0 spiro atoms. The van der Waals surface area contributed by atoms with Gasteiger partial charge in [-0.3, -0.25) is 0 Å². The molecular formula is C11H12ClFO3. The van der Waals surface area contributed by atoms with E-state index < -0.39 is 17.9 Å². The predicted octanol–water partition coefficient (Wildman–Crippen LogP) is 2.81. The van der Waals surface area contributed by atoms with Gasteiger partial charge in [-0.2, -0.15) is 0 Å². The van der Waals surface area contributed by atoms with Crippen molar-refractivity contribution in [3.05, 3.63) is 29.0 Å². The Morgan fingerprint density at radius 3 is 2.81 bits per heavy atom. The first-order chi connectivity index (χ1) is 7.54. The second-order valence-corrected chi connectivity index (χ2v) is 3.49. The van der Waals surface area contributed by atoms with E-state index in [-0.39, 0.29) is 17.4 Å². The van der Waals surface area contributed by atoms with Crippen LogP contribution in [0.4, 0.5) is 4.39 Å². The highest BCUT2D eigenvalue weighted by Gasteiger charge is 2.17. The summed E-state index contributed by atoms with van der Waals surface area (Å²) in [6.07, 6.45) is -0.775. The van der Waals surface area contributed by atoms with Gasteiger partial charge in [0.25, 0.3) is 0 Å². The average molecular weight is 247 g/mol. The minimum absolute atomic E-state index is 0.121. The molecular weight excluding hydrogens is 235 g/mol. The number of carbonyl (C=O) groups is 1. The third-order valence-corrected chi connectivity index (χ3v) is 2.11. The van der Waals surface area contributed by atoms with Gasteiger partial charge >= 0.3 is 5.97 Å². The van der Waals surface area contributed by atoms with Gasteiger partial charge in [-0.1, -0.05) is 11.6 Å². The van der Waals surface area contributed by atoms with Gasteiger partial charge in [0.1, 0.15) is 11.6 Å². The Balaban J connectivity index is 2.69. The van der Waals surface area contributed by atoms with Gasteiger partial charge in [-0.25, -0.2) is 9.18 Å². The van der Waals surface area contributed by atoms with E-state index in [4.69, 9.17) is 21.1 Å². The Morgan fingerprint density at radius 1 is 1.56 bits per heavy atom. The molecule has 1 atom stereocenters. The van der Waals surface area contributed by atoms with E-state index in [2.05, 4.69) is 0 Å². The third-order valence-electron chi connectivity index (χ3n) is 1.82. The van der Waals surface area contributed by atoms with Crippen molar-refractivity contribution in [2.24, 2.45) is 0 Å². The molecule has 1 aromatic rings. The second kappa shape index (κ2) is 5.70. The molecule has 1 aromatic carbocycles. The standard InChI is InChI=1S/C11H12ClFO3/c1-3-15-11(14)7(2)16-10-5-4-8(13)6-9(10)12/h4-7H,3H2,1-2H3. The maximum atomic E-state index is 12.7. The topological polar surface area (TPSA) is 35.5 Å². The summed E-state index contributed by atoms with van der Waals surface area (Å²) in [5, 5.41) is 0.121. The first kappa shape index (κ1) is 12.8. The summed E-state index contributed by atoms with van der Waals surface area (Å²) in [5.74, 6) is -0.687. The minimum atomic E-state index is -0.775. The maximum Gasteiger partial charge on any atom is 0.347 e. The third kappa shape index (κ3) is 3.38. The van der Waals surface area contributed by atoms with E-state index in [0.717, 1.165) is 6.07 Å². The van der Waals surface area contributed by atoms with Crippen molar-refractivity contribution in [3.8, 4) is 5.75 Å². The van der Waals surface area contributed by atoms with Crippen LogP contribution in [0.25, 0.3) is 0 Å². The number of esters is 1. The van der Waals surface area contributed by atoms with Crippen LogP contribution in [0.1, 0.15) is 13.8 Å². The normalized spacial score (nSPS) is 12.0. The van der Waals surface area contributed by atoms with Crippen LogP contribution >= 0.6 is 11.6 Å². The number of benzene rings is 1. The molecule has 5 heteroatoms. The molecule has 0 aliphatic rings. The van der Waals surface area contributed by atoms with Gasteiger partial charge in [-0.15, -0.1) is 0 Å². The fourth-order valence-corrected chi connectivity index (χ4v) is 1.28. The summed E-state index contributed by atoms with van der Waals surface area (Å²) in [5.41, 5.74) is 0. The molecule has 0 saturated heterocycles. The molecule has 0 radical (unpaired) electrons. The largest absolute Gasteiger partial charge is 0.477 e. The van der Waals surface area contributed by atoms with Crippen molar-refractivity contribution in [2.45, 2.75) is 20.0 Å². The van der Waals surface area contributed by atoms with Crippen LogP contribution < -0.4 is 4.74 Å². The summed E-state index contributed by atoms with van der Waals surface area (Å²) >= 11 is 5.74. The molecule has 1 unspecified atom stereocenters. The first-order valence-corrected chi connectivity index (χ1v) is 5.20. The summed E-state index contributed by atoms with van der Waals surface area (Å²) in [6.45, 7) is 3.52. The van der Waals surface area contributed by atoms with E-state index in [9.17, 15) is 9.18 Å². The van der Waals surface area contributed by atoms with Gasteiger partial charge in [0.2, 0.25) is 0 Å². The molecule has 0 amide bonds. The van der Waals surface area contributed by atoms with Gasteiger partial charge in [-0.05, 0) is 32.0 Å². The van der Waals surface area contributed by atoms with Gasteiger partial charge in [0.15, 0.2) is 6.10 Å². The highest BCUT2D eigenvalue weighted by molar-refractivity contribution is 6.32. The fraction of sp³-hybridized carbons (Fsp3) is 0.364. The summed E-state index contributed by atoms with van der Waals surface area (Å²) < 4.78 is 22.7. The van der Waals surface area contributed by atoms with Crippen molar-refractivity contribution in [3.63, 3.8) is 0 Å². The van der Waals surface area contributed by atoms with E-state index in [1.54, 1.807) is 6.92 Å². The Hall–Kier alpha value is -1.29. The van der Waals surface area contributed by atoms with Gasteiger partial charge in [0.05, 0.1) is 11.6 Å². The summed E-state index contributed by atoms with van der Waals surface area (Å²) in [4.78, 5) is 11.3. The molecule has 0 aliphatic heterocycles. The Bertz CT molecular complexity index is 381. The zero-order chi connectivity index (χ0) is 12.1. The quantitative estimate of drug-likeness (QED) is 0.767. The second-order valence-electron chi connectivity index (χ2n) is 3.09. The van der Waals surface area contributed by atoms with Crippen LogP contribution in [0.2, 0.25) is 5.02 Å². The highest BCUT2D eigenvalue weighted by Crippen LogP contribution is 2.25. The number of carbonyl (C=O) groups excluding carboxylic acids is 1. The van der Waals surface area contributed by atoms with E-state index in [1.165, 1.54) is 19.1 Å². The first-order valence-electron chi connectivity index (χ1n) is 4.83. The molecule has 0 heterocycles. The molecule has 0 saturated carbocycles. The number of rotatable bonds is 4. The Morgan fingerprint density at radius 2 is 2.25 bits per heavy atom. The lowest BCUT2D eigenvalue weighted by Crippen LogP contribution is -2.26. The van der Waals surface area contributed by atoms with Gasteiger partial charge in [0, 0.05) is 0 Å². The molecule has 16 heavy (non-hydrogen) atoms. The lowest BCUT2D eigenvalue weighted by molar-refractivity contribution is -0.150. The van der Waals surface area contributed by atoms with Crippen molar-refractivity contribution >= 4 is 17.6 Å². The van der Waals surface area contributed by atoms with Crippen LogP contribution in [-0.4, -0.2) is 18.7 Å². The lowest BCUT2D eigenvalue weighted by Gasteiger charge is -2.14. The number of ether oxygens (including phenoxy) is 2. The lowest BCUT2D eigenvalue weighted by atomic mass is 10.3. The van der Waals surface area contributed by atoms with Crippen LogP contribution in [0.15, 0.2) is 18.2 Å². The zero-order valence-electron chi connectivity index (χ0n) is 9.00. The monoisotopic (exact) mass is 246 g/mol. The van der Waals surface area contributed by atoms with Gasteiger partial charge < -0.3 is 9.47 Å². The summed E-state index contributed by atoms with van der Waals surface area (Å²) in [6, 6.07) is 3.70. The van der Waals surface area contributed by atoms with Crippen molar-refractivity contribution in [1.29, 1.82) is 0 Å². The van der Waals surface area contributed by atoms with Crippen LogP contribution in [-0.2, 0) is 9.53 Å². The van der Waals surface area contributed by atoms with Crippen LogP contribution in [0.5, 0.6) is 5.75 Å². The van der Waals surface area contributed by atoms with E-state index in [0.29, 0.717) is 0 Å². The van der Waals surface area contributed by atoms with E-state index >= 15 is 0 Å². The smallest absolute Gasteiger partial charge is 0.347 e. The highest BCUT2D eigenvalue weighted by atomic mass is 35.5. The molecule has 0 bridgehead atoms. The predicted molar refractivity (Wildman–Crippen MR) is 58.1 cm³/mol. The molecule has 0 N–H and O–H groups in total. The maximum absolute atomic E-state index is 12.7. The van der Waals surface area contributed by atoms with Crippen molar-refractivity contribution < 1.29 is 18.7 Å². The van der Waals surface area contributed by atoms with Crippen LogP contribution in [0.3, 0.4) is 0 Å². The van der Waals surface area contributed by atoms with E-state index in [1.807, 2.05) is 0 Å². The minimum Gasteiger partial charge on any atom is -0.477 e. The SMILES string of the molecule is CCOC(=O)C(C)Oc1ccc(F)cc1Cl. The molecule has 1 rings (SSSR count). The van der Waals surface area contributed by atoms with Crippen LogP contribution in [0, 0.1) is 5.82 Å². The zero-order valence-corrected chi connectivity index (χ0v) is 9.75. The molecule has 0 aliphatic carbocycles. The van der Waals surface area contributed by atoms with Crippen molar-refractivity contribution in [2.75, 3.05) is 6.61 Å². The number of hydrogen-bond acceptors (Lipinski definition) is 3. The Labute approximate surface area is 98.1 Å². The number of halogens is 2. The molecule has 88 valence electrons. The number of hydrogen-bond donors (Lipinski definition) is 0. The average Bonchev–Trinajstić information content (AvgIpc) is 2.22.